The molecule has 0 radical (unpaired) electrons. The number of unbranched alkanes of at least 4 members (excludes halogenated alkanes) is 1. The van der Waals surface area contributed by atoms with Crippen LogP contribution >= 0.6 is 19.9 Å². The lowest BCUT2D eigenvalue weighted by molar-refractivity contribution is -0.141. The van der Waals surface area contributed by atoms with Crippen LogP contribution in [0.1, 0.15) is 33.6 Å². The van der Waals surface area contributed by atoms with E-state index in [0.29, 0.717) is 28.1 Å². The predicted octanol–water partition coefficient (Wildman–Crippen LogP) is 2.49. The van der Waals surface area contributed by atoms with Crippen LogP contribution in [0.2, 0.25) is 0 Å². The Morgan fingerprint density at radius 1 is 1.43 bits per heavy atom. The summed E-state index contributed by atoms with van der Waals surface area (Å²) in [6.45, 7) is 6.69. The van der Waals surface area contributed by atoms with Crippen LogP contribution < -0.4 is 0 Å². The number of esters is 1. The van der Waals surface area contributed by atoms with Crippen LogP contribution in [0.25, 0.3) is 0 Å². The standard InChI is InChI=1S/C18H34BO7PS/c1-13(17-18(3,26-17)11-25-19-27-28)16(24-12-21-4)15(22-5)9-7-6-8-10-23-14(2)20/h7,9,13,15-17,19,27-28H,6,8,10-12H2,1-5H3/b9-7+/t13-,15-,16-,17+,18-/m0/s1. The Hall–Kier alpha value is -0.145. The molecule has 0 amide bonds. The van der Waals surface area contributed by atoms with Crippen LogP contribution in [0.15, 0.2) is 12.2 Å². The van der Waals surface area contributed by atoms with Gasteiger partial charge >= 0.3 is 13.2 Å². The van der Waals surface area contributed by atoms with Gasteiger partial charge in [-0.3, -0.25) is 4.79 Å². The van der Waals surface area contributed by atoms with Gasteiger partial charge in [0.1, 0.15) is 18.5 Å². The van der Waals surface area contributed by atoms with Gasteiger partial charge in [0, 0.05) is 27.1 Å². The largest absolute Gasteiger partial charge is 0.466 e. The zero-order valence-electron chi connectivity index (χ0n) is 17.5. The summed E-state index contributed by atoms with van der Waals surface area (Å²) < 4.78 is 33.2. The molecule has 1 unspecified atom stereocenters. The van der Waals surface area contributed by atoms with E-state index in [0.717, 1.165) is 12.8 Å². The maximum atomic E-state index is 10.8. The van der Waals surface area contributed by atoms with Gasteiger partial charge < -0.3 is 28.3 Å². The summed E-state index contributed by atoms with van der Waals surface area (Å²) >= 11 is 4.19. The first-order valence-electron chi connectivity index (χ1n) is 9.45. The Bertz CT molecular complexity index is 485. The van der Waals surface area contributed by atoms with E-state index in [1.165, 1.54) is 6.92 Å². The van der Waals surface area contributed by atoms with Crippen LogP contribution in [0.3, 0.4) is 0 Å². The minimum atomic E-state index is -0.312. The van der Waals surface area contributed by atoms with Crippen molar-refractivity contribution in [3.8, 4) is 0 Å². The van der Waals surface area contributed by atoms with E-state index in [-0.39, 0.29) is 42.6 Å². The first kappa shape index (κ1) is 25.9. The van der Waals surface area contributed by atoms with Gasteiger partial charge in [-0.1, -0.05) is 26.7 Å². The molecule has 1 saturated heterocycles. The number of rotatable bonds is 16. The highest BCUT2D eigenvalue weighted by atomic mass is 32.7. The van der Waals surface area contributed by atoms with Crippen molar-refractivity contribution in [2.45, 2.75) is 57.5 Å². The molecule has 1 aliphatic rings. The van der Waals surface area contributed by atoms with Gasteiger partial charge in [0.25, 0.3) is 0 Å². The molecule has 162 valence electrons. The number of thiol groups is 1. The third kappa shape index (κ3) is 9.12. The van der Waals surface area contributed by atoms with Crippen LogP contribution in [-0.4, -0.2) is 71.3 Å². The fourth-order valence-corrected chi connectivity index (χ4v) is 3.64. The number of methoxy groups -OCH3 is 2. The summed E-state index contributed by atoms with van der Waals surface area (Å²) in [4.78, 5) is 10.8. The number of epoxide rings is 1. The van der Waals surface area contributed by atoms with Gasteiger partial charge in [0.2, 0.25) is 0 Å². The summed E-state index contributed by atoms with van der Waals surface area (Å²) in [6.07, 6.45) is 5.11. The Balaban J connectivity index is 2.61. The van der Waals surface area contributed by atoms with Crippen molar-refractivity contribution in [2.24, 2.45) is 5.92 Å². The van der Waals surface area contributed by atoms with E-state index in [9.17, 15) is 4.79 Å². The molecule has 0 aromatic heterocycles. The van der Waals surface area contributed by atoms with E-state index >= 15 is 0 Å². The van der Waals surface area contributed by atoms with E-state index in [1.54, 1.807) is 14.2 Å². The fourth-order valence-electron chi connectivity index (χ4n) is 3.17. The summed E-state index contributed by atoms with van der Waals surface area (Å²) in [5, 5.41) is 0. The highest BCUT2D eigenvalue weighted by Crippen LogP contribution is 2.44. The average Bonchev–Trinajstić information content (AvgIpc) is 3.34. The number of hydrogen-bond donors (Lipinski definition) is 1. The predicted molar refractivity (Wildman–Crippen MR) is 115 cm³/mol. The van der Waals surface area contributed by atoms with Gasteiger partial charge in [0.05, 0.1) is 25.4 Å². The lowest BCUT2D eigenvalue weighted by atomic mass is 9.90. The lowest BCUT2D eigenvalue weighted by Gasteiger charge is -2.29. The monoisotopic (exact) mass is 436 g/mol. The quantitative estimate of drug-likeness (QED) is 0.0583. The van der Waals surface area contributed by atoms with E-state index < -0.39 is 0 Å². The van der Waals surface area contributed by atoms with Crippen molar-refractivity contribution in [1.82, 2.24) is 0 Å². The maximum absolute atomic E-state index is 10.8. The van der Waals surface area contributed by atoms with Gasteiger partial charge in [0.15, 0.2) is 0 Å². The third-order valence-corrected chi connectivity index (χ3v) is 5.33. The van der Waals surface area contributed by atoms with Gasteiger partial charge in [-0.05, 0) is 19.8 Å². The molecule has 7 nitrogen and oxygen atoms in total. The molecule has 0 aromatic carbocycles. The topological polar surface area (TPSA) is 75.8 Å². The molecule has 0 N–H and O–H groups in total. The van der Waals surface area contributed by atoms with Crippen LogP contribution in [-0.2, 0) is 33.1 Å². The lowest BCUT2D eigenvalue weighted by Crippen LogP contribution is -2.40. The molecule has 1 aliphatic heterocycles. The van der Waals surface area contributed by atoms with Crippen molar-refractivity contribution in [2.75, 3.05) is 34.2 Å². The van der Waals surface area contributed by atoms with Crippen molar-refractivity contribution in [3.05, 3.63) is 12.2 Å². The zero-order chi connectivity index (χ0) is 21.0. The molecular weight excluding hydrogens is 402 g/mol. The first-order valence-corrected chi connectivity index (χ1v) is 11.9. The van der Waals surface area contributed by atoms with Crippen LogP contribution in [0.4, 0.5) is 0 Å². The molecule has 0 bridgehead atoms. The summed E-state index contributed by atoms with van der Waals surface area (Å²) in [5.41, 5.74) is -0.312. The van der Waals surface area contributed by atoms with Crippen molar-refractivity contribution in [1.29, 1.82) is 0 Å². The second-order valence-corrected chi connectivity index (χ2v) is 8.56. The molecule has 1 rings (SSSR count). The molecule has 6 atom stereocenters. The maximum Gasteiger partial charge on any atom is 0.310 e. The Morgan fingerprint density at radius 3 is 2.79 bits per heavy atom. The molecule has 0 aromatic rings. The smallest absolute Gasteiger partial charge is 0.310 e. The van der Waals surface area contributed by atoms with Gasteiger partial charge in [-0.25, -0.2) is 0 Å². The third-order valence-electron chi connectivity index (χ3n) is 4.61. The summed E-state index contributed by atoms with van der Waals surface area (Å²) in [5.74, 6) is -0.176. The van der Waals surface area contributed by atoms with Crippen molar-refractivity contribution < 1.29 is 33.1 Å². The van der Waals surface area contributed by atoms with Crippen LogP contribution in [0.5, 0.6) is 0 Å². The SMILES string of the molecule is COCO[C@@H]([C@H](C)[C@H]1O[C@@]1(C)COBPS)[C@H](/C=C/CCCOC(C)=O)OC. The van der Waals surface area contributed by atoms with Crippen molar-refractivity contribution in [3.63, 3.8) is 0 Å². The minimum absolute atomic E-state index is 0.0209. The zero-order valence-corrected chi connectivity index (χ0v) is 19.4. The highest BCUT2D eigenvalue weighted by molar-refractivity contribution is 8.46. The molecule has 10 heteroatoms. The molecule has 28 heavy (non-hydrogen) atoms. The Kier molecular flexibility index (Phi) is 12.9. The fraction of sp³-hybridized carbons (Fsp3) is 0.833. The second kappa shape index (κ2) is 14.0. The number of hydrogen-bond acceptors (Lipinski definition) is 8. The molecule has 0 saturated carbocycles. The van der Waals surface area contributed by atoms with Crippen LogP contribution in [0, 0.1) is 5.92 Å². The molecular formula is C18H34BO7PS. The van der Waals surface area contributed by atoms with E-state index in [2.05, 4.69) is 26.1 Å². The molecule has 1 heterocycles. The van der Waals surface area contributed by atoms with Gasteiger partial charge in [-0.2, -0.15) is 12.2 Å². The number of ether oxygens (including phenoxy) is 5. The van der Waals surface area contributed by atoms with Crippen molar-refractivity contribution >= 4 is 33.1 Å². The Morgan fingerprint density at radius 2 is 2.18 bits per heavy atom. The number of carbonyl (C=O) groups is 1. The average molecular weight is 436 g/mol. The molecule has 0 spiro atoms. The molecule has 0 aliphatic carbocycles. The summed E-state index contributed by atoms with van der Waals surface area (Å²) in [7, 11) is 4.35. The highest BCUT2D eigenvalue weighted by Gasteiger charge is 2.57. The summed E-state index contributed by atoms with van der Waals surface area (Å²) in [6, 6.07) is 0. The Labute approximate surface area is 176 Å². The number of allylic oxidation sites excluding steroid dienone is 1. The number of carbonyl (C=O) groups excluding carboxylic acids is 1. The van der Waals surface area contributed by atoms with E-state index in [1.807, 2.05) is 12.2 Å². The normalized spacial score (nSPS) is 25.1. The minimum Gasteiger partial charge on any atom is -0.466 e. The second-order valence-electron chi connectivity index (χ2n) is 7.01. The van der Waals surface area contributed by atoms with Gasteiger partial charge in [-0.15, -0.1) is 0 Å². The first-order chi connectivity index (χ1) is 13.4. The molecule has 1 fully saturated rings. The van der Waals surface area contributed by atoms with E-state index in [4.69, 9.17) is 28.3 Å².